The Morgan fingerprint density at radius 1 is 1.69 bits per heavy atom. The van der Waals surface area contributed by atoms with Gasteiger partial charge in [-0.3, -0.25) is 4.57 Å². The summed E-state index contributed by atoms with van der Waals surface area (Å²) in [5.41, 5.74) is -0.176. The number of rotatable bonds is 2. The third-order valence-electron chi connectivity index (χ3n) is 2.79. The summed E-state index contributed by atoms with van der Waals surface area (Å²) < 4.78 is 1.59. The molecular formula is C8H13N3O2. The zero-order valence-electron chi connectivity index (χ0n) is 7.31. The van der Waals surface area contributed by atoms with Gasteiger partial charge in [0, 0.05) is 18.6 Å². The van der Waals surface area contributed by atoms with Crippen molar-refractivity contribution in [3.8, 4) is 0 Å². The maximum Gasteiger partial charge on any atom is 0.343 e. The Kier molecular flexibility index (Phi) is 2.18. The Hall–Kier alpha value is -1.10. The van der Waals surface area contributed by atoms with E-state index in [0.29, 0.717) is 0 Å². The lowest BCUT2D eigenvalue weighted by Gasteiger charge is -2.16. The summed E-state index contributed by atoms with van der Waals surface area (Å²) in [6, 6.07) is 0.135. The average Bonchev–Trinajstić information content (AvgIpc) is 2.71. The number of nitrogens with one attached hydrogen (secondary N) is 1. The van der Waals surface area contributed by atoms with Crippen LogP contribution in [0.15, 0.2) is 11.1 Å². The van der Waals surface area contributed by atoms with Crippen molar-refractivity contribution in [2.24, 2.45) is 5.92 Å². The lowest BCUT2D eigenvalue weighted by molar-refractivity contribution is 0.194. The van der Waals surface area contributed by atoms with Gasteiger partial charge in [0.1, 0.15) is 6.33 Å². The Balaban J connectivity index is 2.26. The zero-order chi connectivity index (χ0) is 9.26. The number of nitrogens with zero attached hydrogens (tertiary/aromatic N) is 2. The number of aliphatic hydroxyl groups excluding tert-OH is 1. The van der Waals surface area contributed by atoms with Crippen molar-refractivity contribution in [3.63, 3.8) is 0 Å². The first kappa shape index (κ1) is 8.50. The van der Waals surface area contributed by atoms with Gasteiger partial charge in [-0.2, -0.15) is 5.10 Å². The molecule has 1 aromatic heterocycles. The Bertz CT molecular complexity index is 330. The normalized spacial score (nSPS) is 28.1. The second kappa shape index (κ2) is 3.33. The van der Waals surface area contributed by atoms with Crippen LogP contribution in [0.4, 0.5) is 0 Å². The molecule has 0 aromatic carbocycles. The number of H-pyrrole nitrogens is 1. The van der Waals surface area contributed by atoms with E-state index in [1.807, 2.05) is 0 Å². The highest BCUT2D eigenvalue weighted by molar-refractivity contribution is 4.84. The van der Waals surface area contributed by atoms with Crippen LogP contribution in [0.25, 0.3) is 0 Å². The smallest absolute Gasteiger partial charge is 0.343 e. The number of aromatic amines is 1. The summed E-state index contributed by atoms with van der Waals surface area (Å²) in [6.07, 6.45) is 4.55. The molecule has 0 aliphatic heterocycles. The first-order valence-corrected chi connectivity index (χ1v) is 4.55. The van der Waals surface area contributed by atoms with E-state index in [2.05, 4.69) is 10.2 Å². The van der Waals surface area contributed by atoms with Crippen LogP contribution in [0.2, 0.25) is 0 Å². The van der Waals surface area contributed by atoms with Crippen LogP contribution in [0, 0.1) is 5.92 Å². The molecule has 2 rings (SSSR count). The molecule has 0 saturated heterocycles. The minimum atomic E-state index is -0.176. The molecule has 1 fully saturated rings. The van der Waals surface area contributed by atoms with Gasteiger partial charge in [0.2, 0.25) is 0 Å². The molecule has 13 heavy (non-hydrogen) atoms. The first-order chi connectivity index (χ1) is 6.33. The summed E-state index contributed by atoms with van der Waals surface area (Å²) in [6.45, 7) is 0.155. The summed E-state index contributed by atoms with van der Waals surface area (Å²) in [4.78, 5) is 11.2. The molecule has 1 aliphatic rings. The summed E-state index contributed by atoms with van der Waals surface area (Å²) in [5, 5.41) is 15.1. The molecule has 1 aliphatic carbocycles. The second-order valence-corrected chi connectivity index (χ2v) is 3.51. The predicted octanol–water partition coefficient (Wildman–Crippen LogP) is -0.0951. The lowest BCUT2D eigenvalue weighted by Crippen LogP contribution is -2.25. The van der Waals surface area contributed by atoms with Crippen molar-refractivity contribution in [3.05, 3.63) is 16.8 Å². The quantitative estimate of drug-likeness (QED) is 0.672. The SMILES string of the molecule is O=c1[nH]ncn1C1CCCC1CO. The van der Waals surface area contributed by atoms with E-state index < -0.39 is 0 Å². The van der Waals surface area contributed by atoms with E-state index in [4.69, 9.17) is 5.11 Å². The number of hydrogen-bond acceptors (Lipinski definition) is 3. The largest absolute Gasteiger partial charge is 0.396 e. The van der Waals surface area contributed by atoms with E-state index in [1.165, 1.54) is 6.33 Å². The van der Waals surface area contributed by atoms with Gasteiger partial charge in [0.15, 0.2) is 0 Å². The molecule has 0 amide bonds. The highest BCUT2D eigenvalue weighted by Gasteiger charge is 2.28. The van der Waals surface area contributed by atoms with E-state index >= 15 is 0 Å². The van der Waals surface area contributed by atoms with Gasteiger partial charge < -0.3 is 5.11 Å². The molecule has 72 valence electrons. The highest BCUT2D eigenvalue weighted by Crippen LogP contribution is 2.33. The van der Waals surface area contributed by atoms with Gasteiger partial charge >= 0.3 is 5.69 Å². The third kappa shape index (κ3) is 1.39. The Morgan fingerprint density at radius 2 is 2.54 bits per heavy atom. The lowest BCUT2D eigenvalue weighted by atomic mass is 10.1. The van der Waals surface area contributed by atoms with Gasteiger partial charge in [-0.15, -0.1) is 0 Å². The first-order valence-electron chi connectivity index (χ1n) is 4.55. The third-order valence-corrected chi connectivity index (χ3v) is 2.79. The number of aliphatic hydroxyl groups is 1. The molecule has 1 saturated carbocycles. The number of hydrogen-bond donors (Lipinski definition) is 2. The van der Waals surface area contributed by atoms with Crippen LogP contribution >= 0.6 is 0 Å². The van der Waals surface area contributed by atoms with Crippen molar-refractivity contribution in [2.45, 2.75) is 25.3 Å². The van der Waals surface area contributed by atoms with Gasteiger partial charge in [-0.05, 0) is 12.8 Å². The summed E-state index contributed by atoms with van der Waals surface area (Å²) in [5.74, 6) is 0.218. The van der Waals surface area contributed by atoms with Crippen LogP contribution < -0.4 is 5.69 Å². The predicted molar refractivity (Wildman–Crippen MR) is 46.3 cm³/mol. The number of aromatic nitrogens is 3. The Morgan fingerprint density at radius 3 is 3.15 bits per heavy atom. The molecule has 2 N–H and O–H groups in total. The standard InChI is InChI=1S/C8H13N3O2/c12-4-6-2-1-3-7(6)11-5-9-10-8(11)13/h5-7,12H,1-4H2,(H,10,13). The van der Waals surface area contributed by atoms with Gasteiger partial charge in [0.25, 0.3) is 0 Å². The van der Waals surface area contributed by atoms with E-state index in [-0.39, 0.29) is 24.3 Å². The summed E-state index contributed by atoms with van der Waals surface area (Å²) >= 11 is 0. The minimum Gasteiger partial charge on any atom is -0.396 e. The maximum absolute atomic E-state index is 11.2. The molecule has 1 heterocycles. The molecular weight excluding hydrogens is 170 g/mol. The van der Waals surface area contributed by atoms with Gasteiger partial charge in [-0.1, -0.05) is 6.42 Å². The fraction of sp³-hybridized carbons (Fsp3) is 0.750. The van der Waals surface area contributed by atoms with Crippen LogP contribution in [0.3, 0.4) is 0 Å². The van der Waals surface area contributed by atoms with Crippen molar-refractivity contribution in [2.75, 3.05) is 6.61 Å². The fourth-order valence-electron chi connectivity index (χ4n) is 2.09. The van der Waals surface area contributed by atoms with Gasteiger partial charge in [-0.25, -0.2) is 9.89 Å². The zero-order valence-corrected chi connectivity index (χ0v) is 7.31. The van der Waals surface area contributed by atoms with E-state index in [0.717, 1.165) is 19.3 Å². The highest BCUT2D eigenvalue weighted by atomic mass is 16.3. The molecule has 0 bridgehead atoms. The van der Waals surface area contributed by atoms with E-state index in [1.54, 1.807) is 4.57 Å². The van der Waals surface area contributed by atoms with Crippen molar-refractivity contribution < 1.29 is 5.11 Å². The van der Waals surface area contributed by atoms with Crippen molar-refractivity contribution in [1.82, 2.24) is 14.8 Å². The van der Waals surface area contributed by atoms with E-state index in [9.17, 15) is 4.79 Å². The molecule has 5 nitrogen and oxygen atoms in total. The average molecular weight is 183 g/mol. The topological polar surface area (TPSA) is 70.9 Å². The van der Waals surface area contributed by atoms with Crippen LogP contribution in [0.1, 0.15) is 25.3 Å². The van der Waals surface area contributed by atoms with Crippen LogP contribution in [0.5, 0.6) is 0 Å². The second-order valence-electron chi connectivity index (χ2n) is 3.51. The minimum absolute atomic E-state index is 0.135. The van der Waals surface area contributed by atoms with Crippen molar-refractivity contribution >= 4 is 0 Å². The molecule has 0 radical (unpaired) electrons. The molecule has 0 spiro atoms. The van der Waals surface area contributed by atoms with Gasteiger partial charge in [0.05, 0.1) is 0 Å². The van der Waals surface area contributed by atoms with Crippen LogP contribution in [-0.2, 0) is 0 Å². The molecule has 2 unspecified atom stereocenters. The molecule has 1 aromatic rings. The monoisotopic (exact) mass is 183 g/mol. The fourth-order valence-corrected chi connectivity index (χ4v) is 2.09. The maximum atomic E-state index is 11.2. The Labute approximate surface area is 75.4 Å². The van der Waals surface area contributed by atoms with Crippen LogP contribution in [-0.4, -0.2) is 26.5 Å². The van der Waals surface area contributed by atoms with Crippen molar-refractivity contribution in [1.29, 1.82) is 0 Å². The molecule has 2 atom stereocenters. The molecule has 5 heteroatoms. The summed E-state index contributed by atoms with van der Waals surface area (Å²) in [7, 11) is 0.